The van der Waals surface area contributed by atoms with E-state index < -0.39 is 41.5 Å². The molecule has 124 valence electrons. The Morgan fingerprint density at radius 3 is 1.08 bits per heavy atom. The summed E-state index contributed by atoms with van der Waals surface area (Å²) in [6.45, 7) is 0. The van der Waals surface area contributed by atoms with Gasteiger partial charge in [0.25, 0.3) is 0 Å². The SMILES string of the molecule is O=S(=O)([O-])c1ccccc1O.O=S(=O)([O-])c1ccccc1O.[Ca+2].[Ca+2].[H-].[H-]. The summed E-state index contributed by atoms with van der Waals surface area (Å²) in [6.07, 6.45) is 0. The number of aromatic hydroxyl groups is 2. The average molecular weight is 429 g/mol. The Balaban J connectivity index is -0.000000161. The van der Waals surface area contributed by atoms with Crippen molar-refractivity contribution in [1.29, 1.82) is 0 Å². The van der Waals surface area contributed by atoms with Gasteiger partial charge in [-0.1, -0.05) is 24.3 Å². The van der Waals surface area contributed by atoms with Gasteiger partial charge in [0.15, 0.2) is 0 Å². The van der Waals surface area contributed by atoms with Crippen LogP contribution in [0, 0.1) is 0 Å². The van der Waals surface area contributed by atoms with E-state index in [4.69, 9.17) is 10.2 Å². The Morgan fingerprint density at radius 1 is 0.667 bits per heavy atom. The summed E-state index contributed by atoms with van der Waals surface area (Å²) >= 11 is 0. The van der Waals surface area contributed by atoms with Gasteiger partial charge in [-0.05, 0) is 24.3 Å². The molecule has 0 atom stereocenters. The standard InChI is InChI=1S/2C6H6O4S.2Ca.2H/c2*7-5-3-1-2-4-6(5)11(8,9)10;;;;/h2*1-4,7H,(H,8,9,10);;;;/q;;2*+2;2*-1/p-2. The zero-order chi connectivity index (χ0) is 17.0. The van der Waals surface area contributed by atoms with Gasteiger partial charge in [0.05, 0.1) is 9.79 Å². The van der Waals surface area contributed by atoms with E-state index in [9.17, 15) is 25.9 Å². The Bertz CT molecular complexity index is 803. The Hall–Kier alpha value is 0.379. The topological polar surface area (TPSA) is 155 Å². The van der Waals surface area contributed by atoms with Crippen molar-refractivity contribution >= 4 is 95.7 Å². The van der Waals surface area contributed by atoms with Crippen LogP contribution in [-0.4, -0.2) is 112 Å². The van der Waals surface area contributed by atoms with Gasteiger partial charge in [-0.3, -0.25) is 0 Å². The number of hydrogen-bond acceptors (Lipinski definition) is 8. The largest absolute Gasteiger partial charge is 2.00 e. The summed E-state index contributed by atoms with van der Waals surface area (Å²) < 4.78 is 62.0. The molecule has 0 aliphatic rings. The van der Waals surface area contributed by atoms with Gasteiger partial charge in [-0.15, -0.1) is 0 Å². The summed E-state index contributed by atoms with van der Waals surface area (Å²) in [5.74, 6) is -1.02. The molecular weight excluding hydrogens is 416 g/mol. The number of benzene rings is 2. The fraction of sp³-hybridized carbons (Fsp3) is 0. The summed E-state index contributed by atoms with van der Waals surface area (Å²) in [5.41, 5.74) is 0. The van der Waals surface area contributed by atoms with E-state index in [1.165, 1.54) is 24.3 Å². The molecule has 0 saturated heterocycles. The van der Waals surface area contributed by atoms with Crippen LogP contribution in [0.4, 0.5) is 0 Å². The van der Waals surface area contributed by atoms with E-state index in [1.54, 1.807) is 0 Å². The third-order valence-corrected chi connectivity index (χ3v) is 4.04. The molecule has 0 bridgehead atoms. The van der Waals surface area contributed by atoms with Gasteiger partial charge in [-0.2, -0.15) is 0 Å². The molecule has 0 amide bonds. The Labute approximate surface area is 202 Å². The quantitative estimate of drug-likeness (QED) is 0.502. The van der Waals surface area contributed by atoms with Crippen LogP contribution in [-0.2, 0) is 20.2 Å². The molecule has 0 radical (unpaired) electrons. The van der Waals surface area contributed by atoms with Gasteiger partial charge >= 0.3 is 75.5 Å². The van der Waals surface area contributed by atoms with Crippen LogP contribution in [0.25, 0.3) is 0 Å². The predicted octanol–water partition coefficient (Wildman–Crippen LogP) is 0.0560. The van der Waals surface area contributed by atoms with Crippen LogP contribution in [0.15, 0.2) is 58.3 Å². The van der Waals surface area contributed by atoms with Crippen molar-refractivity contribution in [2.24, 2.45) is 0 Å². The van der Waals surface area contributed by atoms with Crippen LogP contribution < -0.4 is 0 Å². The molecule has 0 aliphatic heterocycles. The minimum absolute atomic E-state index is 0. The minimum Gasteiger partial charge on any atom is -1.00 e. The van der Waals surface area contributed by atoms with Crippen molar-refractivity contribution in [3.05, 3.63) is 48.5 Å². The molecular formula is C12H12Ca2O8S2. The van der Waals surface area contributed by atoms with Gasteiger partial charge in [-0.25, -0.2) is 16.8 Å². The first-order valence-corrected chi connectivity index (χ1v) is 8.33. The Kier molecular flexibility index (Phi) is 12.4. The molecule has 2 N–H and O–H groups in total. The van der Waals surface area contributed by atoms with Crippen LogP contribution in [0.5, 0.6) is 11.5 Å². The molecule has 0 heterocycles. The van der Waals surface area contributed by atoms with Crippen LogP contribution >= 0.6 is 0 Å². The fourth-order valence-corrected chi connectivity index (χ4v) is 2.48. The monoisotopic (exact) mass is 428 g/mol. The summed E-state index contributed by atoms with van der Waals surface area (Å²) in [4.78, 5) is -1.17. The summed E-state index contributed by atoms with van der Waals surface area (Å²) in [6, 6.07) is 9.99. The van der Waals surface area contributed by atoms with E-state index in [2.05, 4.69) is 0 Å². The fourth-order valence-electron chi connectivity index (χ4n) is 1.34. The van der Waals surface area contributed by atoms with E-state index in [-0.39, 0.29) is 78.3 Å². The normalized spacial score (nSPS) is 10.4. The van der Waals surface area contributed by atoms with E-state index in [1.807, 2.05) is 0 Å². The first kappa shape index (κ1) is 26.6. The van der Waals surface area contributed by atoms with Crippen molar-refractivity contribution < 1.29 is 39.0 Å². The number of phenols is 2. The molecule has 0 fully saturated rings. The number of para-hydroxylation sites is 2. The molecule has 24 heavy (non-hydrogen) atoms. The van der Waals surface area contributed by atoms with Crippen molar-refractivity contribution in [2.75, 3.05) is 0 Å². The number of phenolic OH excluding ortho intramolecular Hbond substituents is 2. The van der Waals surface area contributed by atoms with Crippen LogP contribution in [0.1, 0.15) is 2.85 Å². The van der Waals surface area contributed by atoms with Crippen LogP contribution in [0.3, 0.4) is 0 Å². The summed E-state index contributed by atoms with van der Waals surface area (Å²) in [7, 11) is -9.07. The average Bonchev–Trinajstić information content (AvgIpc) is 2.37. The third kappa shape index (κ3) is 8.65. The van der Waals surface area contributed by atoms with Crippen LogP contribution in [0.2, 0.25) is 0 Å². The van der Waals surface area contributed by atoms with Gasteiger partial charge in [0, 0.05) is 0 Å². The zero-order valence-electron chi connectivity index (χ0n) is 14.2. The molecule has 2 aromatic carbocycles. The van der Waals surface area contributed by atoms with Crippen molar-refractivity contribution in [3.63, 3.8) is 0 Å². The Morgan fingerprint density at radius 2 is 0.917 bits per heavy atom. The molecule has 0 spiro atoms. The maximum atomic E-state index is 10.3. The molecule has 0 unspecified atom stereocenters. The first-order chi connectivity index (χ1) is 10.0. The molecule has 2 rings (SSSR count). The predicted molar refractivity (Wildman–Crippen MR) is 85.9 cm³/mol. The maximum absolute atomic E-state index is 10.3. The third-order valence-electron chi connectivity index (χ3n) is 2.27. The molecule has 0 aromatic heterocycles. The first-order valence-electron chi connectivity index (χ1n) is 5.51. The number of hydrogen-bond donors (Lipinski definition) is 2. The van der Waals surface area contributed by atoms with Crippen molar-refractivity contribution in [3.8, 4) is 11.5 Å². The zero-order valence-corrected chi connectivity index (χ0v) is 18.2. The molecule has 0 saturated carbocycles. The second-order valence-electron chi connectivity index (χ2n) is 3.84. The van der Waals surface area contributed by atoms with Gasteiger partial charge in [0.2, 0.25) is 0 Å². The van der Waals surface area contributed by atoms with E-state index >= 15 is 0 Å². The minimum atomic E-state index is -4.53. The molecule has 2 aromatic rings. The van der Waals surface area contributed by atoms with E-state index in [0.717, 1.165) is 24.3 Å². The van der Waals surface area contributed by atoms with Gasteiger partial charge in [0.1, 0.15) is 31.7 Å². The van der Waals surface area contributed by atoms with Gasteiger partial charge < -0.3 is 22.2 Å². The van der Waals surface area contributed by atoms with Crippen molar-refractivity contribution in [1.82, 2.24) is 0 Å². The number of rotatable bonds is 2. The second kappa shape index (κ2) is 11.2. The summed E-state index contributed by atoms with van der Waals surface area (Å²) in [5, 5.41) is 17.7. The maximum Gasteiger partial charge on any atom is 2.00 e. The molecule has 8 nitrogen and oxygen atoms in total. The molecule has 12 heteroatoms. The second-order valence-corrected chi connectivity index (χ2v) is 6.54. The molecule has 0 aliphatic carbocycles. The van der Waals surface area contributed by atoms with E-state index in [0.29, 0.717) is 0 Å². The van der Waals surface area contributed by atoms with Crippen molar-refractivity contribution in [2.45, 2.75) is 9.79 Å². The smallest absolute Gasteiger partial charge is 1.00 e.